The van der Waals surface area contributed by atoms with Gasteiger partial charge in [0, 0.05) is 27.5 Å². The van der Waals surface area contributed by atoms with Gasteiger partial charge in [0.15, 0.2) is 17.5 Å². The highest BCUT2D eigenvalue weighted by atomic mass is 16.3. The molecule has 47 heavy (non-hydrogen) atoms. The highest BCUT2D eigenvalue weighted by molar-refractivity contribution is 6.19. The van der Waals surface area contributed by atoms with Crippen LogP contribution in [0.15, 0.2) is 168 Å². The topological polar surface area (TPSA) is 51.8 Å². The minimum Gasteiger partial charge on any atom is -0.455 e. The number of nitrogens with zero attached hydrogens (tertiary/aromatic N) is 3. The van der Waals surface area contributed by atoms with Crippen molar-refractivity contribution in [2.75, 3.05) is 0 Å². The van der Waals surface area contributed by atoms with E-state index in [9.17, 15) is 0 Å². The molecule has 0 saturated heterocycles. The highest BCUT2D eigenvalue weighted by Crippen LogP contribution is 2.43. The maximum atomic E-state index is 6.94. The van der Waals surface area contributed by atoms with Gasteiger partial charge in [0.05, 0.1) is 5.56 Å². The van der Waals surface area contributed by atoms with E-state index in [2.05, 4.69) is 91.0 Å². The molecule has 2 aromatic heterocycles. The van der Waals surface area contributed by atoms with Gasteiger partial charge in [-0.3, -0.25) is 0 Å². The van der Waals surface area contributed by atoms with Crippen molar-refractivity contribution in [3.63, 3.8) is 0 Å². The number of para-hydroxylation sites is 1. The fraction of sp³-hybridized carbons (Fsp3) is 0. The van der Waals surface area contributed by atoms with Crippen LogP contribution in [0, 0.1) is 0 Å². The number of fused-ring (bicyclic) bond motifs is 4. The van der Waals surface area contributed by atoms with Crippen LogP contribution in [-0.4, -0.2) is 15.0 Å². The Kier molecular flexibility index (Phi) is 6.43. The first-order chi connectivity index (χ1) is 23.3. The molecule has 0 fully saturated rings. The molecule has 9 aromatic rings. The molecule has 0 atom stereocenters. The zero-order valence-corrected chi connectivity index (χ0v) is 25.3. The fourth-order valence-corrected chi connectivity index (χ4v) is 6.45. The van der Waals surface area contributed by atoms with Crippen LogP contribution in [-0.2, 0) is 0 Å². The molecule has 7 aromatic carbocycles. The zero-order valence-electron chi connectivity index (χ0n) is 25.3. The van der Waals surface area contributed by atoms with Crippen LogP contribution in [0.1, 0.15) is 0 Å². The van der Waals surface area contributed by atoms with Crippen molar-refractivity contribution in [1.82, 2.24) is 15.0 Å². The number of benzene rings is 7. The van der Waals surface area contributed by atoms with E-state index in [0.717, 1.165) is 60.5 Å². The van der Waals surface area contributed by atoms with Gasteiger partial charge in [0.2, 0.25) is 0 Å². The third kappa shape index (κ3) is 4.75. The summed E-state index contributed by atoms with van der Waals surface area (Å²) < 4.78 is 6.94. The van der Waals surface area contributed by atoms with Gasteiger partial charge in [-0.2, -0.15) is 0 Å². The largest absolute Gasteiger partial charge is 0.455 e. The van der Waals surface area contributed by atoms with E-state index in [1.165, 1.54) is 11.1 Å². The standard InChI is InChI=1S/C43H27N3O/c1-4-13-28(14-5-1)29-23-25-30(26-24-29)38-34-20-11-10-19-33(34)27-37-35-21-12-22-36(39(35)47-40(37)38)43-45-41(31-15-6-2-7-16-31)44-42(46-43)32-17-8-3-9-18-32/h1-27H. The van der Waals surface area contributed by atoms with Crippen LogP contribution in [0.25, 0.3) is 89.1 Å². The van der Waals surface area contributed by atoms with Crippen molar-refractivity contribution in [2.24, 2.45) is 0 Å². The Bertz CT molecular complexity index is 2480. The molecule has 0 N–H and O–H groups in total. The average molecular weight is 602 g/mol. The van der Waals surface area contributed by atoms with E-state index < -0.39 is 0 Å². The molecule has 0 saturated carbocycles. The predicted octanol–water partition coefficient (Wildman–Crippen LogP) is 11.3. The van der Waals surface area contributed by atoms with Gasteiger partial charge in [-0.05, 0) is 39.6 Å². The normalized spacial score (nSPS) is 11.4. The van der Waals surface area contributed by atoms with Gasteiger partial charge in [-0.1, -0.05) is 152 Å². The lowest BCUT2D eigenvalue weighted by Crippen LogP contribution is -2.00. The number of rotatable bonds is 5. The van der Waals surface area contributed by atoms with Crippen LogP contribution in [0.4, 0.5) is 0 Å². The second-order valence-corrected chi connectivity index (χ2v) is 11.6. The van der Waals surface area contributed by atoms with Crippen LogP contribution < -0.4 is 0 Å². The van der Waals surface area contributed by atoms with Crippen LogP contribution >= 0.6 is 0 Å². The van der Waals surface area contributed by atoms with Gasteiger partial charge >= 0.3 is 0 Å². The molecule has 220 valence electrons. The molecule has 0 aliphatic carbocycles. The first-order valence-corrected chi connectivity index (χ1v) is 15.7. The second kappa shape index (κ2) is 11.2. The van der Waals surface area contributed by atoms with Crippen molar-refractivity contribution in [1.29, 1.82) is 0 Å². The summed E-state index contributed by atoms with van der Waals surface area (Å²) in [5.74, 6) is 1.81. The molecule has 0 aliphatic rings. The van der Waals surface area contributed by atoms with Crippen molar-refractivity contribution in [3.05, 3.63) is 164 Å². The van der Waals surface area contributed by atoms with E-state index in [0.29, 0.717) is 17.5 Å². The van der Waals surface area contributed by atoms with Crippen LogP contribution in [0.3, 0.4) is 0 Å². The van der Waals surface area contributed by atoms with Crippen molar-refractivity contribution in [3.8, 4) is 56.4 Å². The van der Waals surface area contributed by atoms with Gasteiger partial charge in [0.25, 0.3) is 0 Å². The molecular formula is C43H27N3O. The van der Waals surface area contributed by atoms with Crippen molar-refractivity contribution < 1.29 is 4.42 Å². The summed E-state index contributed by atoms with van der Waals surface area (Å²) in [4.78, 5) is 14.9. The summed E-state index contributed by atoms with van der Waals surface area (Å²) >= 11 is 0. The third-order valence-corrected chi connectivity index (χ3v) is 8.73. The Labute approximate surface area is 271 Å². The molecule has 0 bridgehead atoms. The minimum absolute atomic E-state index is 0.570. The smallest absolute Gasteiger partial charge is 0.167 e. The van der Waals surface area contributed by atoms with E-state index in [-0.39, 0.29) is 0 Å². The molecular weight excluding hydrogens is 574 g/mol. The molecule has 0 radical (unpaired) electrons. The Morgan fingerprint density at radius 2 is 0.851 bits per heavy atom. The summed E-state index contributed by atoms with van der Waals surface area (Å²) in [5.41, 5.74) is 8.83. The van der Waals surface area contributed by atoms with Crippen molar-refractivity contribution in [2.45, 2.75) is 0 Å². The van der Waals surface area contributed by atoms with Crippen molar-refractivity contribution >= 4 is 32.7 Å². The lowest BCUT2D eigenvalue weighted by Gasteiger charge is -2.10. The Hall–Kier alpha value is -6.39. The average Bonchev–Trinajstić information content (AvgIpc) is 3.53. The summed E-state index contributed by atoms with van der Waals surface area (Å²) in [6.45, 7) is 0. The number of hydrogen-bond donors (Lipinski definition) is 0. The SMILES string of the molecule is c1ccc(-c2ccc(-c3c4ccccc4cc4c3oc3c(-c5nc(-c6ccccc6)nc(-c6ccccc6)n5)cccc34)cc2)cc1. The molecule has 0 aliphatic heterocycles. The van der Waals surface area contributed by atoms with E-state index in [4.69, 9.17) is 19.4 Å². The molecule has 2 heterocycles. The van der Waals surface area contributed by atoms with E-state index >= 15 is 0 Å². The maximum Gasteiger partial charge on any atom is 0.167 e. The Morgan fingerprint density at radius 3 is 1.51 bits per heavy atom. The van der Waals surface area contributed by atoms with Gasteiger partial charge < -0.3 is 4.42 Å². The maximum absolute atomic E-state index is 6.94. The summed E-state index contributed by atoms with van der Waals surface area (Å²) in [7, 11) is 0. The Morgan fingerprint density at radius 1 is 0.340 bits per heavy atom. The highest BCUT2D eigenvalue weighted by Gasteiger charge is 2.21. The van der Waals surface area contributed by atoms with E-state index in [1.807, 2.05) is 72.8 Å². The fourth-order valence-electron chi connectivity index (χ4n) is 6.45. The van der Waals surface area contributed by atoms with Gasteiger partial charge in [-0.25, -0.2) is 15.0 Å². The third-order valence-electron chi connectivity index (χ3n) is 8.73. The molecule has 4 nitrogen and oxygen atoms in total. The molecule has 4 heteroatoms. The first-order valence-electron chi connectivity index (χ1n) is 15.7. The second-order valence-electron chi connectivity index (χ2n) is 11.6. The summed E-state index contributed by atoms with van der Waals surface area (Å²) in [5, 5.41) is 4.38. The monoisotopic (exact) mass is 601 g/mol. The molecule has 9 rings (SSSR count). The van der Waals surface area contributed by atoms with E-state index in [1.54, 1.807) is 0 Å². The van der Waals surface area contributed by atoms with Gasteiger partial charge in [0.1, 0.15) is 11.2 Å². The van der Waals surface area contributed by atoms with Crippen LogP contribution in [0.5, 0.6) is 0 Å². The lowest BCUT2D eigenvalue weighted by molar-refractivity contribution is 0.671. The lowest BCUT2D eigenvalue weighted by atomic mass is 9.94. The number of hydrogen-bond acceptors (Lipinski definition) is 4. The first kappa shape index (κ1) is 27.0. The van der Waals surface area contributed by atoms with Gasteiger partial charge in [-0.15, -0.1) is 0 Å². The molecule has 0 amide bonds. The molecule has 0 unspecified atom stereocenters. The Balaban J connectivity index is 1.28. The number of aromatic nitrogens is 3. The summed E-state index contributed by atoms with van der Waals surface area (Å²) in [6.07, 6.45) is 0. The summed E-state index contributed by atoms with van der Waals surface area (Å²) in [6, 6.07) is 56.3. The molecule has 0 spiro atoms. The van der Waals surface area contributed by atoms with Crippen LogP contribution in [0.2, 0.25) is 0 Å². The number of furan rings is 1. The minimum atomic E-state index is 0.570. The quantitative estimate of drug-likeness (QED) is 0.197. The predicted molar refractivity (Wildman–Crippen MR) is 192 cm³/mol. The zero-order chi connectivity index (χ0) is 31.2.